The highest BCUT2D eigenvalue weighted by Gasteiger charge is 2.25. The van der Waals surface area contributed by atoms with Gasteiger partial charge in [0.25, 0.3) is 5.91 Å². The molecular formula is C33H26Cl3N3O4. The summed E-state index contributed by atoms with van der Waals surface area (Å²) in [6.45, 7) is 0.437. The smallest absolute Gasteiger partial charge is 0.328 e. The minimum absolute atomic E-state index is 0.0783. The summed E-state index contributed by atoms with van der Waals surface area (Å²) in [5.74, 6) is -0.458. The van der Waals surface area contributed by atoms with Crippen molar-refractivity contribution in [1.82, 2.24) is 15.1 Å². The number of halogens is 3. The van der Waals surface area contributed by atoms with Crippen LogP contribution in [-0.2, 0) is 22.6 Å². The molecule has 0 saturated heterocycles. The number of nitrogens with zero attached hydrogens (tertiary/aromatic N) is 2. The molecule has 0 spiro atoms. The number of carbonyl (C=O) groups excluding carboxylic acids is 2. The van der Waals surface area contributed by atoms with Gasteiger partial charge in [-0.15, -0.1) is 0 Å². The molecule has 10 heteroatoms. The Kier molecular flexibility index (Phi) is 9.67. The van der Waals surface area contributed by atoms with Crippen molar-refractivity contribution in [2.45, 2.75) is 19.1 Å². The van der Waals surface area contributed by atoms with Crippen molar-refractivity contribution in [2.24, 2.45) is 0 Å². The lowest BCUT2D eigenvalue weighted by Gasteiger charge is -2.16. The van der Waals surface area contributed by atoms with Crippen molar-refractivity contribution in [2.75, 3.05) is 7.11 Å². The molecule has 1 atom stereocenters. The normalized spacial score (nSPS) is 11.5. The van der Waals surface area contributed by atoms with Gasteiger partial charge in [-0.25, -0.2) is 9.48 Å². The molecule has 0 aliphatic carbocycles. The van der Waals surface area contributed by atoms with Gasteiger partial charge in [0.05, 0.1) is 23.5 Å². The van der Waals surface area contributed by atoms with E-state index in [1.807, 2.05) is 66.7 Å². The van der Waals surface area contributed by atoms with Crippen LogP contribution >= 0.6 is 34.8 Å². The Hall–Kier alpha value is -4.30. The Morgan fingerprint density at radius 1 is 0.837 bits per heavy atom. The Balaban J connectivity index is 1.36. The maximum atomic E-state index is 13.5. The van der Waals surface area contributed by atoms with Crippen LogP contribution in [0.3, 0.4) is 0 Å². The van der Waals surface area contributed by atoms with Crippen molar-refractivity contribution in [3.63, 3.8) is 0 Å². The number of aromatic nitrogens is 2. The second kappa shape index (κ2) is 13.8. The fourth-order valence-corrected chi connectivity index (χ4v) is 5.04. The van der Waals surface area contributed by atoms with Crippen molar-refractivity contribution < 1.29 is 19.1 Å². The summed E-state index contributed by atoms with van der Waals surface area (Å²) in [4.78, 5) is 26.2. The molecule has 0 bridgehead atoms. The van der Waals surface area contributed by atoms with Gasteiger partial charge in [-0.1, -0.05) is 89.4 Å². The zero-order valence-corrected chi connectivity index (χ0v) is 25.2. The van der Waals surface area contributed by atoms with E-state index in [9.17, 15) is 9.59 Å². The third kappa shape index (κ3) is 7.56. The van der Waals surface area contributed by atoms with E-state index in [1.54, 1.807) is 41.1 Å². The van der Waals surface area contributed by atoms with Crippen molar-refractivity contribution in [1.29, 1.82) is 0 Å². The van der Waals surface area contributed by atoms with Crippen LogP contribution in [0.15, 0.2) is 103 Å². The molecule has 4 aromatic carbocycles. The third-order valence-electron chi connectivity index (χ3n) is 6.62. The zero-order chi connectivity index (χ0) is 30.3. The quantitative estimate of drug-likeness (QED) is 0.160. The highest BCUT2D eigenvalue weighted by atomic mass is 35.5. The molecule has 0 unspecified atom stereocenters. The van der Waals surface area contributed by atoms with E-state index in [1.165, 1.54) is 7.11 Å². The van der Waals surface area contributed by atoms with Gasteiger partial charge in [0.1, 0.15) is 18.4 Å². The van der Waals surface area contributed by atoms with Crippen LogP contribution in [0.1, 0.15) is 21.6 Å². The molecule has 5 rings (SSSR count). The van der Waals surface area contributed by atoms with E-state index in [-0.39, 0.29) is 12.1 Å². The highest BCUT2D eigenvalue weighted by molar-refractivity contribution is 6.35. The molecule has 0 aliphatic rings. The van der Waals surface area contributed by atoms with Gasteiger partial charge in [-0.3, -0.25) is 4.79 Å². The fourth-order valence-electron chi connectivity index (χ4n) is 4.42. The number of hydrogen-bond acceptors (Lipinski definition) is 5. The number of hydrogen-bond donors (Lipinski definition) is 1. The number of methoxy groups -OCH3 is 1. The molecule has 1 N–H and O–H groups in total. The number of rotatable bonds is 10. The number of carbonyl (C=O) groups is 2. The second-order valence-corrected chi connectivity index (χ2v) is 10.9. The molecule has 1 heterocycles. The highest BCUT2D eigenvalue weighted by Crippen LogP contribution is 2.30. The average Bonchev–Trinajstić information content (AvgIpc) is 3.46. The molecule has 7 nitrogen and oxygen atoms in total. The van der Waals surface area contributed by atoms with E-state index >= 15 is 0 Å². The molecule has 0 saturated carbocycles. The first kappa shape index (κ1) is 30.2. The number of benzene rings is 4. The third-order valence-corrected chi connectivity index (χ3v) is 7.41. The number of esters is 1. The monoisotopic (exact) mass is 633 g/mol. The maximum Gasteiger partial charge on any atom is 0.328 e. The Bertz CT molecular complexity index is 1720. The summed E-state index contributed by atoms with van der Waals surface area (Å²) in [5, 5.41) is 8.70. The van der Waals surface area contributed by atoms with Gasteiger partial charge < -0.3 is 14.8 Å². The summed E-state index contributed by atoms with van der Waals surface area (Å²) in [6.07, 6.45) is 0.200. The zero-order valence-electron chi connectivity index (χ0n) is 23.0. The van der Waals surface area contributed by atoms with E-state index in [0.29, 0.717) is 38.8 Å². The second-order valence-electron chi connectivity index (χ2n) is 9.60. The predicted molar refractivity (Wildman–Crippen MR) is 168 cm³/mol. The van der Waals surface area contributed by atoms with Gasteiger partial charge in [0.15, 0.2) is 5.69 Å². The fraction of sp³-hybridized carbons (Fsp3) is 0.121. The molecule has 1 amide bonds. The summed E-state index contributed by atoms with van der Waals surface area (Å²) >= 11 is 18.7. The van der Waals surface area contributed by atoms with Gasteiger partial charge in [-0.2, -0.15) is 5.10 Å². The predicted octanol–water partition coefficient (Wildman–Crippen LogP) is 7.59. The topological polar surface area (TPSA) is 82.5 Å². The van der Waals surface area contributed by atoms with Crippen LogP contribution in [-0.4, -0.2) is 34.8 Å². The van der Waals surface area contributed by atoms with Gasteiger partial charge in [0.2, 0.25) is 0 Å². The number of ether oxygens (including phenoxy) is 2. The maximum absolute atomic E-state index is 13.5. The van der Waals surface area contributed by atoms with E-state index in [2.05, 4.69) is 10.4 Å². The van der Waals surface area contributed by atoms with Crippen LogP contribution in [0, 0.1) is 0 Å². The van der Waals surface area contributed by atoms with Crippen LogP contribution in [0.4, 0.5) is 0 Å². The molecule has 0 radical (unpaired) electrons. The van der Waals surface area contributed by atoms with Gasteiger partial charge >= 0.3 is 5.97 Å². The molecule has 43 heavy (non-hydrogen) atoms. The molecule has 0 fully saturated rings. The van der Waals surface area contributed by atoms with Crippen molar-refractivity contribution in [3.05, 3.63) is 135 Å². The molecule has 1 aromatic heterocycles. The summed E-state index contributed by atoms with van der Waals surface area (Å²) < 4.78 is 12.4. The SMILES string of the molecule is COC(=O)[C@H](Cc1ccc(OCc2ccccc2)cc1)NC(=O)c1cc(-c2ccc(Cl)cc2)n(-c2ccc(Cl)cc2Cl)n1. The van der Waals surface area contributed by atoms with Crippen LogP contribution in [0.5, 0.6) is 5.75 Å². The molecule has 218 valence electrons. The minimum Gasteiger partial charge on any atom is -0.489 e. The molecule has 0 aliphatic heterocycles. The van der Waals surface area contributed by atoms with E-state index in [0.717, 1.165) is 16.7 Å². The van der Waals surface area contributed by atoms with Crippen LogP contribution in [0.2, 0.25) is 15.1 Å². The number of nitrogens with one attached hydrogen (secondary N) is 1. The summed E-state index contributed by atoms with van der Waals surface area (Å²) in [6, 6.07) is 29.9. The first-order valence-electron chi connectivity index (χ1n) is 13.3. The minimum atomic E-state index is -0.961. The first-order chi connectivity index (χ1) is 20.8. The lowest BCUT2D eigenvalue weighted by molar-refractivity contribution is -0.142. The Morgan fingerprint density at radius 3 is 2.21 bits per heavy atom. The van der Waals surface area contributed by atoms with Crippen LogP contribution in [0.25, 0.3) is 16.9 Å². The largest absolute Gasteiger partial charge is 0.489 e. The lowest BCUT2D eigenvalue weighted by Crippen LogP contribution is -2.43. The molecular weight excluding hydrogens is 609 g/mol. The standard InChI is InChI=1S/C33H26Cl3N3O4/c1-42-33(41)29(17-21-7-14-26(15-8-21)43-20-22-5-3-2-4-6-22)37-32(40)28-19-31(23-9-11-24(34)12-10-23)39(38-28)30-16-13-25(35)18-27(30)36/h2-16,18-19,29H,17,20H2,1H3,(H,37,40)/t29-/m0/s1. The summed E-state index contributed by atoms with van der Waals surface area (Å²) in [7, 11) is 1.28. The summed E-state index contributed by atoms with van der Waals surface area (Å²) in [5.41, 5.74) is 3.81. The van der Waals surface area contributed by atoms with E-state index < -0.39 is 17.9 Å². The van der Waals surface area contributed by atoms with Crippen molar-refractivity contribution >= 4 is 46.7 Å². The van der Waals surface area contributed by atoms with Gasteiger partial charge in [0, 0.05) is 22.0 Å². The average molecular weight is 635 g/mol. The van der Waals surface area contributed by atoms with E-state index in [4.69, 9.17) is 44.3 Å². The lowest BCUT2D eigenvalue weighted by atomic mass is 10.1. The molecule has 5 aromatic rings. The Morgan fingerprint density at radius 2 is 1.53 bits per heavy atom. The van der Waals surface area contributed by atoms with Gasteiger partial charge in [-0.05, 0) is 59.7 Å². The van der Waals surface area contributed by atoms with Crippen LogP contribution < -0.4 is 10.1 Å². The first-order valence-corrected chi connectivity index (χ1v) is 14.4. The Labute approximate surface area is 263 Å². The number of amides is 1. The van der Waals surface area contributed by atoms with Crippen molar-refractivity contribution in [3.8, 4) is 22.7 Å².